The summed E-state index contributed by atoms with van der Waals surface area (Å²) < 4.78 is 0. The normalized spacial score (nSPS) is 15.1. The van der Waals surface area contributed by atoms with Gasteiger partial charge in [-0.3, -0.25) is 24.0 Å². The summed E-state index contributed by atoms with van der Waals surface area (Å²) in [5.74, 6) is -3.09. The molecule has 0 aromatic rings. The third-order valence-electron chi connectivity index (χ3n) is 11.6. The van der Waals surface area contributed by atoms with E-state index in [1.807, 2.05) is 6.92 Å². The van der Waals surface area contributed by atoms with E-state index < -0.39 is 79.8 Å². The fraction of sp³-hybridized carbons (Fsp3) is 0.891. The molecule has 0 aliphatic carbocycles. The van der Waals surface area contributed by atoms with E-state index in [0.29, 0.717) is 19.5 Å². The van der Waals surface area contributed by atoms with Gasteiger partial charge in [-0.25, -0.2) is 0 Å². The smallest absolute Gasteiger partial charge is 0.251 e. The van der Waals surface area contributed by atoms with Crippen LogP contribution in [0.1, 0.15) is 161 Å². The van der Waals surface area contributed by atoms with E-state index in [9.17, 15) is 64.8 Å². The molecule has 20 nitrogen and oxygen atoms in total. The Labute approximate surface area is 392 Å². The Morgan fingerprint density at radius 1 is 0.394 bits per heavy atom. The molecule has 0 heterocycles. The second-order valence-electron chi connectivity index (χ2n) is 17.3. The molecule has 0 aromatic heterocycles. The second kappa shape index (κ2) is 41.0. The Morgan fingerprint density at radius 3 is 1.08 bits per heavy atom. The summed E-state index contributed by atoms with van der Waals surface area (Å²) in [5, 5.41) is 107. The molecule has 388 valence electrons. The van der Waals surface area contributed by atoms with Gasteiger partial charge >= 0.3 is 0 Å². The predicted molar refractivity (Wildman–Crippen MR) is 247 cm³/mol. The topological polar surface area (TPSA) is 339 Å². The maximum atomic E-state index is 13.1. The first-order valence-corrected chi connectivity index (χ1v) is 24.7. The van der Waals surface area contributed by atoms with E-state index in [1.54, 1.807) is 0 Å². The van der Waals surface area contributed by atoms with Crippen LogP contribution in [0.3, 0.4) is 0 Å². The molecule has 0 bridgehead atoms. The Kier molecular flexibility index (Phi) is 39.1. The van der Waals surface area contributed by atoms with Crippen molar-refractivity contribution < 1.29 is 75.0 Å². The third-order valence-corrected chi connectivity index (χ3v) is 11.6. The van der Waals surface area contributed by atoms with Crippen LogP contribution in [0.2, 0.25) is 0 Å². The molecular weight excluding hydrogens is 863 g/mol. The molecule has 0 aromatic carbocycles. The SMILES string of the molecule is CCNC(=O)CCCCCCCCCCCCCCCCCCCCCCCNC(=O)CCC(=O)N(CCNC(=O)[C@@H](O)[C@H](O)[C@@H](O)[C@H](O)CO)CCNC(=O)[C@H](O)[C@@H](O)[C@H](O)[C@@H](O)CO. The maximum absolute atomic E-state index is 13.1. The van der Waals surface area contributed by atoms with Gasteiger partial charge in [0.1, 0.15) is 36.6 Å². The van der Waals surface area contributed by atoms with Crippen molar-refractivity contribution in [1.82, 2.24) is 26.2 Å². The molecule has 0 spiro atoms. The number of hydrogen-bond acceptors (Lipinski definition) is 15. The van der Waals surface area contributed by atoms with Crippen LogP contribution in [0.25, 0.3) is 0 Å². The first-order valence-electron chi connectivity index (χ1n) is 24.7. The van der Waals surface area contributed by atoms with E-state index in [4.69, 9.17) is 10.2 Å². The zero-order valence-corrected chi connectivity index (χ0v) is 39.7. The predicted octanol–water partition coefficient (Wildman–Crippen LogP) is -0.466. The summed E-state index contributed by atoms with van der Waals surface area (Å²) in [4.78, 5) is 63.0. The number of nitrogens with one attached hydrogen (secondary N) is 4. The average molecular weight is 952 g/mol. The highest BCUT2D eigenvalue weighted by Gasteiger charge is 2.35. The lowest BCUT2D eigenvalue weighted by Crippen LogP contribution is -2.53. The minimum atomic E-state index is -2.21. The zero-order chi connectivity index (χ0) is 49.5. The van der Waals surface area contributed by atoms with Gasteiger partial charge in [0.2, 0.25) is 17.7 Å². The number of nitrogens with zero attached hydrogens (tertiary/aromatic N) is 1. The van der Waals surface area contributed by atoms with Gasteiger partial charge in [-0.1, -0.05) is 122 Å². The van der Waals surface area contributed by atoms with E-state index in [-0.39, 0.29) is 50.8 Å². The lowest BCUT2D eigenvalue weighted by atomic mass is 10.0. The van der Waals surface area contributed by atoms with Gasteiger partial charge in [0.05, 0.1) is 13.2 Å². The lowest BCUT2D eigenvalue weighted by Gasteiger charge is -2.27. The second-order valence-corrected chi connectivity index (χ2v) is 17.3. The van der Waals surface area contributed by atoms with Gasteiger partial charge in [-0.2, -0.15) is 0 Å². The Bertz CT molecular complexity index is 1220. The molecule has 14 N–H and O–H groups in total. The average Bonchev–Trinajstić information content (AvgIpc) is 3.31. The van der Waals surface area contributed by atoms with Gasteiger partial charge < -0.3 is 77.2 Å². The summed E-state index contributed by atoms with van der Waals surface area (Å²) in [6.45, 7) is 0.128. The van der Waals surface area contributed by atoms with Crippen molar-refractivity contribution in [2.75, 3.05) is 52.5 Å². The fourth-order valence-corrected chi connectivity index (χ4v) is 7.30. The Balaban J connectivity index is 4.34. The maximum Gasteiger partial charge on any atom is 0.251 e. The molecule has 66 heavy (non-hydrogen) atoms. The minimum Gasteiger partial charge on any atom is -0.394 e. The Morgan fingerprint density at radius 2 is 0.727 bits per heavy atom. The molecular formula is C46H89N5O15. The van der Waals surface area contributed by atoms with E-state index >= 15 is 0 Å². The van der Waals surface area contributed by atoms with Crippen molar-refractivity contribution in [3.63, 3.8) is 0 Å². The number of aliphatic hydroxyl groups is 10. The number of unbranched alkanes of at least 4 members (excludes halogenated alkanes) is 20. The van der Waals surface area contributed by atoms with Crippen LogP contribution in [0.4, 0.5) is 0 Å². The number of rotatable bonds is 44. The van der Waals surface area contributed by atoms with Gasteiger partial charge in [0.15, 0.2) is 12.2 Å². The fourth-order valence-electron chi connectivity index (χ4n) is 7.30. The number of carbonyl (C=O) groups excluding carboxylic acids is 5. The van der Waals surface area contributed by atoms with Crippen LogP contribution < -0.4 is 21.3 Å². The highest BCUT2D eigenvalue weighted by molar-refractivity contribution is 5.84. The highest BCUT2D eigenvalue weighted by atomic mass is 16.4. The first kappa shape index (κ1) is 63.0. The molecule has 0 fully saturated rings. The molecule has 0 saturated carbocycles. The third kappa shape index (κ3) is 31.1. The van der Waals surface area contributed by atoms with Crippen LogP contribution >= 0.6 is 0 Å². The van der Waals surface area contributed by atoms with Crippen LogP contribution in [0.15, 0.2) is 0 Å². The molecule has 5 amide bonds. The van der Waals surface area contributed by atoms with E-state index in [1.165, 1.54) is 96.3 Å². The summed E-state index contributed by atoms with van der Waals surface area (Å²) in [5.41, 5.74) is 0. The summed E-state index contributed by atoms with van der Waals surface area (Å²) in [7, 11) is 0. The molecule has 0 aliphatic rings. The van der Waals surface area contributed by atoms with Crippen molar-refractivity contribution in [3.8, 4) is 0 Å². The van der Waals surface area contributed by atoms with Crippen LogP contribution in [-0.4, -0.2) is 187 Å². The van der Waals surface area contributed by atoms with Crippen LogP contribution in [0.5, 0.6) is 0 Å². The van der Waals surface area contributed by atoms with Crippen molar-refractivity contribution in [2.45, 2.75) is 210 Å². The monoisotopic (exact) mass is 952 g/mol. The standard InChI is InChI=1S/C46H89N5O15/c1-2-47-36(56)24-22-20-18-16-14-12-10-8-6-4-3-5-7-9-11-13-15-17-19-21-23-27-48-37(57)25-26-38(58)51(30-28-49-45(65)43(63)41(61)39(59)34(54)32-52)31-29-50-46(66)44(64)42(62)40(60)35(55)33-53/h34-35,39-44,52-55,59-64H,2-33H2,1H3,(H,47,56)(H,48,57)(H,49,65)(H,50,66)/t34-,35+,39+,40-,41-,42+,43+,44-. The first-order chi connectivity index (χ1) is 31.6. The summed E-state index contributed by atoms with van der Waals surface area (Å²) in [6, 6.07) is 0. The van der Waals surface area contributed by atoms with E-state index in [0.717, 1.165) is 43.4 Å². The van der Waals surface area contributed by atoms with Crippen LogP contribution in [-0.2, 0) is 24.0 Å². The number of aliphatic hydroxyl groups excluding tert-OH is 10. The zero-order valence-electron chi connectivity index (χ0n) is 39.7. The van der Waals surface area contributed by atoms with E-state index in [2.05, 4.69) is 21.3 Å². The largest absolute Gasteiger partial charge is 0.394 e. The molecule has 8 atom stereocenters. The van der Waals surface area contributed by atoms with Crippen molar-refractivity contribution in [3.05, 3.63) is 0 Å². The Hall–Kier alpha value is -3.05. The molecule has 20 heteroatoms. The van der Waals surface area contributed by atoms with Crippen molar-refractivity contribution in [1.29, 1.82) is 0 Å². The highest BCUT2D eigenvalue weighted by Crippen LogP contribution is 2.16. The lowest BCUT2D eigenvalue weighted by molar-refractivity contribution is -0.149. The number of amides is 5. The molecule has 0 aliphatic heterocycles. The summed E-state index contributed by atoms with van der Waals surface area (Å²) >= 11 is 0. The molecule has 0 rings (SSSR count). The van der Waals surface area contributed by atoms with Crippen LogP contribution in [0, 0.1) is 0 Å². The molecule has 0 saturated heterocycles. The van der Waals surface area contributed by atoms with Gasteiger partial charge in [-0.15, -0.1) is 0 Å². The number of hydrogen-bond donors (Lipinski definition) is 14. The van der Waals surface area contributed by atoms with Gasteiger partial charge in [0, 0.05) is 58.5 Å². The molecule has 0 radical (unpaired) electrons. The van der Waals surface area contributed by atoms with Crippen molar-refractivity contribution in [2.24, 2.45) is 0 Å². The van der Waals surface area contributed by atoms with Gasteiger partial charge in [0.25, 0.3) is 11.8 Å². The minimum absolute atomic E-state index is 0.162. The molecule has 0 unspecified atom stereocenters. The summed E-state index contributed by atoms with van der Waals surface area (Å²) in [6.07, 6.45) is 9.19. The van der Waals surface area contributed by atoms with Crippen molar-refractivity contribution >= 4 is 29.5 Å². The number of carbonyl (C=O) groups is 5. The van der Waals surface area contributed by atoms with Gasteiger partial charge in [-0.05, 0) is 19.8 Å². The quantitative estimate of drug-likeness (QED) is 0.0344.